The van der Waals surface area contributed by atoms with Crippen LogP contribution in [0.15, 0.2) is 48.5 Å². The Labute approximate surface area is 136 Å². The van der Waals surface area contributed by atoms with Crippen molar-refractivity contribution in [1.29, 1.82) is 0 Å². The molecule has 1 atom stereocenters. The SMILES string of the molecule is CCOc1ccccc1NC(=O)[C@H](C)Oc1ccccc1OC. The number of carbonyl (C=O) groups excluding carboxylic acids is 1. The molecule has 0 radical (unpaired) electrons. The molecule has 2 rings (SSSR count). The molecule has 0 saturated carbocycles. The third kappa shape index (κ3) is 4.39. The summed E-state index contributed by atoms with van der Waals surface area (Å²) >= 11 is 0. The third-order valence-electron chi connectivity index (χ3n) is 3.19. The van der Waals surface area contributed by atoms with Gasteiger partial charge in [0.25, 0.3) is 5.91 Å². The lowest BCUT2D eigenvalue weighted by molar-refractivity contribution is -0.122. The number of hydrogen-bond acceptors (Lipinski definition) is 4. The van der Waals surface area contributed by atoms with E-state index in [1.54, 1.807) is 32.2 Å². The Bertz CT molecular complexity index is 657. The predicted octanol–water partition coefficient (Wildman–Crippen LogP) is 3.50. The molecule has 1 amide bonds. The normalized spacial score (nSPS) is 11.4. The molecule has 5 nitrogen and oxygen atoms in total. The van der Waals surface area contributed by atoms with Crippen LogP contribution in [-0.4, -0.2) is 25.7 Å². The van der Waals surface area contributed by atoms with Gasteiger partial charge < -0.3 is 19.5 Å². The first-order valence-electron chi connectivity index (χ1n) is 7.48. The fourth-order valence-corrected chi connectivity index (χ4v) is 2.05. The van der Waals surface area contributed by atoms with Crippen molar-refractivity contribution in [3.63, 3.8) is 0 Å². The Morgan fingerprint density at radius 3 is 2.30 bits per heavy atom. The number of methoxy groups -OCH3 is 1. The van der Waals surface area contributed by atoms with E-state index in [1.165, 1.54) is 0 Å². The number of para-hydroxylation sites is 4. The fourth-order valence-electron chi connectivity index (χ4n) is 2.05. The van der Waals surface area contributed by atoms with Crippen LogP contribution < -0.4 is 19.5 Å². The number of nitrogens with one attached hydrogen (secondary N) is 1. The first-order chi connectivity index (χ1) is 11.2. The molecule has 0 aliphatic carbocycles. The van der Waals surface area contributed by atoms with Crippen molar-refractivity contribution < 1.29 is 19.0 Å². The number of benzene rings is 2. The van der Waals surface area contributed by atoms with Crippen LogP contribution in [0.5, 0.6) is 17.2 Å². The molecular formula is C18H21NO4. The average molecular weight is 315 g/mol. The Hall–Kier alpha value is -2.69. The molecule has 0 aliphatic rings. The van der Waals surface area contributed by atoms with Crippen molar-refractivity contribution in [3.05, 3.63) is 48.5 Å². The van der Waals surface area contributed by atoms with Gasteiger partial charge in [0.1, 0.15) is 5.75 Å². The van der Waals surface area contributed by atoms with Gasteiger partial charge in [-0.25, -0.2) is 0 Å². The van der Waals surface area contributed by atoms with Gasteiger partial charge in [-0.15, -0.1) is 0 Å². The van der Waals surface area contributed by atoms with Crippen molar-refractivity contribution in [1.82, 2.24) is 0 Å². The van der Waals surface area contributed by atoms with Crippen LogP contribution in [0.2, 0.25) is 0 Å². The van der Waals surface area contributed by atoms with E-state index in [4.69, 9.17) is 14.2 Å². The van der Waals surface area contributed by atoms with Gasteiger partial charge in [-0.2, -0.15) is 0 Å². The summed E-state index contributed by atoms with van der Waals surface area (Å²) in [5.41, 5.74) is 0.620. The van der Waals surface area contributed by atoms with Crippen molar-refractivity contribution in [2.75, 3.05) is 19.0 Å². The summed E-state index contributed by atoms with van der Waals surface area (Å²) in [6.45, 7) is 4.11. The highest BCUT2D eigenvalue weighted by Crippen LogP contribution is 2.28. The monoisotopic (exact) mass is 315 g/mol. The highest BCUT2D eigenvalue weighted by molar-refractivity contribution is 5.95. The van der Waals surface area contributed by atoms with Crippen molar-refractivity contribution in [2.45, 2.75) is 20.0 Å². The smallest absolute Gasteiger partial charge is 0.265 e. The molecule has 2 aromatic carbocycles. The van der Waals surface area contributed by atoms with E-state index in [9.17, 15) is 4.79 Å². The minimum Gasteiger partial charge on any atom is -0.493 e. The number of amides is 1. The quantitative estimate of drug-likeness (QED) is 0.849. The van der Waals surface area contributed by atoms with Crippen LogP contribution in [0.1, 0.15) is 13.8 Å². The van der Waals surface area contributed by atoms with Crippen LogP contribution >= 0.6 is 0 Å². The summed E-state index contributed by atoms with van der Waals surface area (Å²) in [6.07, 6.45) is -0.680. The fraction of sp³-hybridized carbons (Fsp3) is 0.278. The summed E-state index contributed by atoms with van der Waals surface area (Å²) in [5, 5.41) is 2.82. The number of rotatable bonds is 7. The van der Waals surface area contributed by atoms with E-state index in [0.29, 0.717) is 29.5 Å². The Morgan fingerprint density at radius 2 is 1.65 bits per heavy atom. The lowest BCUT2D eigenvalue weighted by atomic mass is 10.2. The minimum atomic E-state index is -0.680. The van der Waals surface area contributed by atoms with Gasteiger partial charge in [0, 0.05) is 0 Å². The maximum Gasteiger partial charge on any atom is 0.265 e. The first-order valence-corrected chi connectivity index (χ1v) is 7.48. The zero-order valence-corrected chi connectivity index (χ0v) is 13.5. The van der Waals surface area contributed by atoms with Crippen molar-refractivity contribution in [3.8, 4) is 17.2 Å². The second kappa shape index (κ2) is 8.08. The molecule has 23 heavy (non-hydrogen) atoms. The second-order valence-corrected chi connectivity index (χ2v) is 4.83. The highest BCUT2D eigenvalue weighted by atomic mass is 16.5. The number of carbonyl (C=O) groups is 1. The summed E-state index contributed by atoms with van der Waals surface area (Å²) < 4.78 is 16.4. The Kier molecular flexibility index (Phi) is 5.86. The van der Waals surface area contributed by atoms with Crippen LogP contribution in [-0.2, 0) is 4.79 Å². The van der Waals surface area contributed by atoms with Gasteiger partial charge in [0.05, 0.1) is 19.4 Å². The van der Waals surface area contributed by atoms with Crippen molar-refractivity contribution in [2.24, 2.45) is 0 Å². The molecule has 5 heteroatoms. The molecule has 2 aromatic rings. The number of anilines is 1. The first kappa shape index (κ1) is 16.7. The van der Waals surface area contributed by atoms with E-state index in [1.807, 2.05) is 37.3 Å². The topological polar surface area (TPSA) is 56.8 Å². The molecule has 0 saturated heterocycles. The lowest BCUT2D eigenvalue weighted by Gasteiger charge is -2.17. The average Bonchev–Trinajstić information content (AvgIpc) is 2.57. The zero-order valence-electron chi connectivity index (χ0n) is 13.5. The van der Waals surface area contributed by atoms with Gasteiger partial charge in [0.2, 0.25) is 0 Å². The largest absolute Gasteiger partial charge is 0.493 e. The maximum atomic E-state index is 12.3. The van der Waals surface area contributed by atoms with Crippen LogP contribution in [0.3, 0.4) is 0 Å². The molecule has 122 valence electrons. The van der Waals surface area contributed by atoms with Crippen molar-refractivity contribution >= 4 is 11.6 Å². The molecule has 0 spiro atoms. The predicted molar refractivity (Wildman–Crippen MR) is 89.3 cm³/mol. The maximum absolute atomic E-state index is 12.3. The standard InChI is InChI=1S/C18H21NO4/c1-4-22-15-10-6-5-9-14(15)19-18(20)13(2)23-17-12-8-7-11-16(17)21-3/h5-13H,4H2,1-3H3,(H,19,20)/t13-/m0/s1. The minimum absolute atomic E-state index is 0.261. The summed E-state index contributed by atoms with van der Waals surface area (Å²) in [7, 11) is 1.56. The summed E-state index contributed by atoms with van der Waals surface area (Å²) in [5.74, 6) is 1.48. The molecule has 0 heterocycles. The third-order valence-corrected chi connectivity index (χ3v) is 3.19. The molecule has 1 N–H and O–H groups in total. The van der Waals surface area contributed by atoms with Gasteiger partial charge in [-0.05, 0) is 38.1 Å². The van der Waals surface area contributed by atoms with Crippen LogP contribution in [0, 0.1) is 0 Å². The van der Waals surface area contributed by atoms with Crippen LogP contribution in [0.25, 0.3) is 0 Å². The Balaban J connectivity index is 2.06. The molecule has 0 fully saturated rings. The van der Waals surface area contributed by atoms with E-state index in [-0.39, 0.29) is 5.91 Å². The molecule has 0 aromatic heterocycles. The van der Waals surface area contributed by atoms with E-state index >= 15 is 0 Å². The van der Waals surface area contributed by atoms with Crippen LogP contribution in [0.4, 0.5) is 5.69 Å². The van der Waals surface area contributed by atoms with E-state index in [0.717, 1.165) is 0 Å². The van der Waals surface area contributed by atoms with Gasteiger partial charge in [-0.3, -0.25) is 4.79 Å². The number of hydrogen-bond donors (Lipinski definition) is 1. The zero-order chi connectivity index (χ0) is 16.7. The molecule has 0 aliphatic heterocycles. The summed E-state index contributed by atoms with van der Waals surface area (Å²) in [4.78, 5) is 12.3. The van der Waals surface area contributed by atoms with Gasteiger partial charge >= 0.3 is 0 Å². The second-order valence-electron chi connectivity index (χ2n) is 4.83. The van der Waals surface area contributed by atoms with E-state index < -0.39 is 6.10 Å². The van der Waals surface area contributed by atoms with Gasteiger partial charge in [0.15, 0.2) is 17.6 Å². The van der Waals surface area contributed by atoms with Gasteiger partial charge in [-0.1, -0.05) is 24.3 Å². The Morgan fingerprint density at radius 1 is 1.04 bits per heavy atom. The number of ether oxygens (including phenoxy) is 3. The molecule has 0 unspecified atom stereocenters. The lowest BCUT2D eigenvalue weighted by Crippen LogP contribution is -2.30. The summed E-state index contributed by atoms with van der Waals surface area (Å²) in [6, 6.07) is 14.5. The molecular weight excluding hydrogens is 294 g/mol. The molecule has 0 bridgehead atoms. The highest BCUT2D eigenvalue weighted by Gasteiger charge is 2.18. The van der Waals surface area contributed by atoms with E-state index in [2.05, 4.69) is 5.32 Å².